The lowest BCUT2D eigenvalue weighted by Crippen LogP contribution is -2.44. The van der Waals surface area contributed by atoms with E-state index in [0.29, 0.717) is 38.6 Å². The van der Waals surface area contributed by atoms with Gasteiger partial charge in [-0.2, -0.15) is 0 Å². The summed E-state index contributed by atoms with van der Waals surface area (Å²) >= 11 is 0. The fourth-order valence-corrected chi connectivity index (χ4v) is 5.40. The van der Waals surface area contributed by atoms with Crippen molar-refractivity contribution in [1.29, 1.82) is 0 Å². The minimum absolute atomic E-state index is 0.0866. The Balaban J connectivity index is 2.10. The van der Waals surface area contributed by atoms with E-state index in [1.54, 1.807) is 0 Å². The van der Waals surface area contributed by atoms with Crippen LogP contribution in [0.15, 0.2) is 30.3 Å². The van der Waals surface area contributed by atoms with E-state index in [-0.39, 0.29) is 18.5 Å². The minimum atomic E-state index is -0.707. The van der Waals surface area contributed by atoms with E-state index in [1.807, 2.05) is 71.9 Å². The highest BCUT2D eigenvalue weighted by atomic mass is 16.6. The van der Waals surface area contributed by atoms with Crippen LogP contribution < -0.4 is 10.6 Å². The lowest BCUT2D eigenvalue weighted by molar-refractivity contribution is -0.159. The van der Waals surface area contributed by atoms with Crippen molar-refractivity contribution in [2.75, 3.05) is 6.54 Å². The first-order chi connectivity index (χ1) is 23.2. The molecule has 0 aliphatic heterocycles. The van der Waals surface area contributed by atoms with Crippen molar-refractivity contribution in [3.8, 4) is 0 Å². The third-order valence-corrected chi connectivity index (χ3v) is 7.88. The van der Waals surface area contributed by atoms with Gasteiger partial charge in [-0.25, -0.2) is 9.59 Å². The van der Waals surface area contributed by atoms with Crippen LogP contribution in [0.3, 0.4) is 0 Å². The van der Waals surface area contributed by atoms with Crippen molar-refractivity contribution >= 4 is 23.9 Å². The second-order valence-electron chi connectivity index (χ2n) is 15.2. The third kappa shape index (κ3) is 27.4. The molecule has 0 aromatic heterocycles. The molecule has 0 saturated heterocycles. The first-order valence-electron chi connectivity index (χ1n) is 18.9. The molecule has 0 aliphatic carbocycles. The van der Waals surface area contributed by atoms with Crippen molar-refractivity contribution in [2.24, 2.45) is 0 Å². The number of hydrogen-bond acceptors (Lipinski definition) is 7. The summed E-state index contributed by atoms with van der Waals surface area (Å²) in [7, 11) is 0. The molecule has 0 fully saturated rings. The maximum atomic E-state index is 12.8. The van der Waals surface area contributed by atoms with Gasteiger partial charge in [0.15, 0.2) is 0 Å². The Labute approximate surface area is 297 Å². The molecule has 1 atom stereocenters. The van der Waals surface area contributed by atoms with Crippen LogP contribution in [0.4, 0.5) is 4.79 Å². The first-order valence-corrected chi connectivity index (χ1v) is 18.9. The number of hydrogen-bond donors (Lipinski definition) is 2. The van der Waals surface area contributed by atoms with E-state index < -0.39 is 29.3 Å². The van der Waals surface area contributed by atoms with Gasteiger partial charge in [0.05, 0.1) is 0 Å². The van der Waals surface area contributed by atoms with E-state index in [4.69, 9.17) is 14.2 Å². The highest BCUT2D eigenvalue weighted by molar-refractivity contribution is 5.84. The molecule has 0 aliphatic rings. The fourth-order valence-electron chi connectivity index (χ4n) is 5.40. The highest BCUT2D eigenvalue weighted by Crippen LogP contribution is 2.16. The molecule has 0 heterocycles. The Kier molecular flexibility index (Phi) is 23.1. The molecule has 9 nitrogen and oxygen atoms in total. The molecule has 2 amide bonds. The van der Waals surface area contributed by atoms with Gasteiger partial charge in [0.25, 0.3) is 0 Å². The molecule has 1 aromatic carbocycles. The predicted molar refractivity (Wildman–Crippen MR) is 196 cm³/mol. The van der Waals surface area contributed by atoms with Crippen molar-refractivity contribution in [3.05, 3.63) is 35.9 Å². The molecule has 1 rings (SSSR count). The molecule has 0 saturated carbocycles. The molecule has 0 bridgehead atoms. The number of alkyl carbamates (subject to hydrolysis) is 1. The molecule has 9 heteroatoms. The lowest BCUT2D eigenvalue weighted by Gasteiger charge is -2.24. The number of nitrogens with one attached hydrogen (secondary N) is 2. The van der Waals surface area contributed by atoms with E-state index in [0.717, 1.165) is 37.7 Å². The normalized spacial score (nSPS) is 12.2. The largest absolute Gasteiger partial charge is 0.460 e. The number of benzene rings is 1. The van der Waals surface area contributed by atoms with Gasteiger partial charge in [0.1, 0.15) is 23.9 Å². The zero-order chi connectivity index (χ0) is 36.4. The van der Waals surface area contributed by atoms with Crippen molar-refractivity contribution in [3.63, 3.8) is 0 Å². The van der Waals surface area contributed by atoms with E-state index in [1.165, 1.54) is 57.8 Å². The Morgan fingerprint density at radius 3 is 1.61 bits per heavy atom. The van der Waals surface area contributed by atoms with Crippen LogP contribution in [0.1, 0.15) is 169 Å². The van der Waals surface area contributed by atoms with Gasteiger partial charge in [-0.3, -0.25) is 9.59 Å². The molecule has 280 valence electrons. The second-order valence-corrected chi connectivity index (χ2v) is 15.2. The lowest BCUT2D eigenvalue weighted by atomic mass is 10.0. The quantitative estimate of drug-likeness (QED) is 0.0565. The van der Waals surface area contributed by atoms with E-state index in [9.17, 15) is 19.2 Å². The summed E-state index contributed by atoms with van der Waals surface area (Å²) in [5.41, 5.74) is -0.114. The summed E-state index contributed by atoms with van der Waals surface area (Å²) in [6.07, 6.45) is 18.4. The standard InChI is InChI=1S/C40H68N2O7/c1-39(2,3)48-36(44)30-23-18-16-14-12-10-8-7-9-11-13-15-17-22-29-35(43)42-34(37(45)49-40(4,5)6)28-24-25-31-41-38(46)47-32-33-26-20-19-21-27-33/h19-21,26-27,34H,7-18,22-25,28-32H2,1-6H3,(H,41,46)(H,42,43)/t34-/m0/s1. The van der Waals surface area contributed by atoms with Crippen LogP contribution in [-0.4, -0.2) is 47.7 Å². The zero-order valence-electron chi connectivity index (χ0n) is 31.7. The van der Waals surface area contributed by atoms with E-state index >= 15 is 0 Å². The van der Waals surface area contributed by atoms with Gasteiger partial charge in [-0.05, 0) is 79.2 Å². The second kappa shape index (κ2) is 25.8. The van der Waals surface area contributed by atoms with Crippen LogP contribution in [0.2, 0.25) is 0 Å². The van der Waals surface area contributed by atoms with Crippen molar-refractivity contribution in [1.82, 2.24) is 10.6 Å². The van der Waals surface area contributed by atoms with Gasteiger partial charge in [-0.15, -0.1) is 0 Å². The molecule has 1 aromatic rings. The van der Waals surface area contributed by atoms with Crippen molar-refractivity contribution in [2.45, 2.75) is 187 Å². The molecule has 0 radical (unpaired) electrons. The SMILES string of the molecule is CC(C)(C)OC(=O)CCCCCCCCCCCCCCCCC(=O)N[C@@H](CCCCNC(=O)OCc1ccccc1)C(=O)OC(C)(C)C. The third-order valence-electron chi connectivity index (χ3n) is 7.88. The highest BCUT2D eigenvalue weighted by Gasteiger charge is 2.26. The summed E-state index contributed by atoms with van der Waals surface area (Å²) < 4.78 is 16.1. The first kappa shape index (κ1) is 43.9. The van der Waals surface area contributed by atoms with Gasteiger partial charge in [0.2, 0.25) is 5.91 Å². The smallest absolute Gasteiger partial charge is 0.407 e. The monoisotopic (exact) mass is 689 g/mol. The van der Waals surface area contributed by atoms with Gasteiger partial charge in [0, 0.05) is 19.4 Å². The summed E-state index contributed by atoms with van der Waals surface area (Å²) in [4.78, 5) is 49.2. The predicted octanol–water partition coefficient (Wildman–Crippen LogP) is 9.49. The van der Waals surface area contributed by atoms with Crippen LogP contribution >= 0.6 is 0 Å². The van der Waals surface area contributed by atoms with Gasteiger partial charge < -0.3 is 24.8 Å². The molecule has 49 heavy (non-hydrogen) atoms. The van der Waals surface area contributed by atoms with E-state index in [2.05, 4.69) is 10.6 Å². The Hall–Kier alpha value is -3.10. The van der Waals surface area contributed by atoms with Crippen molar-refractivity contribution < 1.29 is 33.4 Å². The average Bonchev–Trinajstić information content (AvgIpc) is 3.01. The molecule has 2 N–H and O–H groups in total. The fraction of sp³-hybridized carbons (Fsp3) is 0.750. The number of esters is 2. The topological polar surface area (TPSA) is 120 Å². The summed E-state index contributed by atoms with van der Waals surface area (Å²) in [5, 5.41) is 5.63. The van der Waals surface area contributed by atoms with Crippen LogP contribution in [0.5, 0.6) is 0 Å². The number of carbonyl (C=O) groups is 4. The van der Waals surface area contributed by atoms with Gasteiger partial charge >= 0.3 is 18.0 Å². The number of carbonyl (C=O) groups excluding carboxylic acids is 4. The van der Waals surface area contributed by atoms with Gasteiger partial charge in [-0.1, -0.05) is 107 Å². The Morgan fingerprint density at radius 1 is 0.612 bits per heavy atom. The minimum Gasteiger partial charge on any atom is -0.460 e. The number of rotatable bonds is 26. The maximum Gasteiger partial charge on any atom is 0.407 e. The summed E-state index contributed by atoms with van der Waals surface area (Å²) in [6, 6.07) is 8.78. The number of amides is 2. The molecular formula is C40H68N2O7. The van der Waals surface area contributed by atoms with Crippen LogP contribution in [-0.2, 0) is 35.2 Å². The summed E-state index contributed by atoms with van der Waals surface area (Å²) in [6.45, 7) is 11.8. The van der Waals surface area contributed by atoms with Crippen LogP contribution in [0, 0.1) is 0 Å². The Bertz CT molecular complexity index is 1050. The van der Waals surface area contributed by atoms with Crippen LogP contribution in [0.25, 0.3) is 0 Å². The average molecular weight is 689 g/mol. The molecule has 0 spiro atoms. The molecule has 0 unspecified atom stereocenters. The Morgan fingerprint density at radius 2 is 1.10 bits per heavy atom. The zero-order valence-corrected chi connectivity index (χ0v) is 31.7. The summed E-state index contributed by atoms with van der Waals surface area (Å²) in [5.74, 6) is -0.635. The number of ether oxygens (including phenoxy) is 3. The maximum absolute atomic E-state index is 12.8. The molecular weight excluding hydrogens is 620 g/mol. The number of unbranched alkanes of at least 4 members (excludes halogenated alkanes) is 14.